The van der Waals surface area contributed by atoms with E-state index in [4.69, 9.17) is 5.73 Å². The van der Waals surface area contributed by atoms with E-state index in [2.05, 4.69) is 42.5 Å². The quantitative estimate of drug-likeness (QED) is 0.911. The second kappa shape index (κ2) is 8.50. The Morgan fingerprint density at radius 3 is 2.71 bits per heavy atom. The maximum absolute atomic E-state index is 12.6. The molecule has 1 aliphatic rings. The van der Waals surface area contributed by atoms with Crippen LogP contribution < -0.4 is 5.73 Å². The summed E-state index contributed by atoms with van der Waals surface area (Å²) in [5.74, 6) is 0.250. The van der Waals surface area contributed by atoms with Crippen LogP contribution in [0.15, 0.2) is 42.5 Å². The first kappa shape index (κ1) is 18.8. The highest BCUT2D eigenvalue weighted by molar-refractivity contribution is 5.85. The van der Waals surface area contributed by atoms with Crippen LogP contribution in [0.25, 0.3) is 10.8 Å². The number of nitrogens with two attached hydrogens (primary N) is 1. The second-order valence-electron chi connectivity index (χ2n) is 6.69. The fourth-order valence-electron chi connectivity index (χ4n) is 3.60. The number of halogens is 1. The van der Waals surface area contributed by atoms with Gasteiger partial charge in [-0.05, 0) is 48.9 Å². The molecule has 1 fully saturated rings. The van der Waals surface area contributed by atoms with Crippen molar-refractivity contribution in [3.63, 3.8) is 0 Å². The van der Waals surface area contributed by atoms with Crippen molar-refractivity contribution in [1.82, 2.24) is 4.90 Å². The lowest BCUT2D eigenvalue weighted by Gasteiger charge is -2.38. The zero-order valence-electron chi connectivity index (χ0n) is 14.3. The summed E-state index contributed by atoms with van der Waals surface area (Å²) in [4.78, 5) is 14.6. The molecule has 3 rings (SSSR count). The molecule has 1 aliphatic heterocycles. The Morgan fingerprint density at radius 1 is 1.21 bits per heavy atom. The highest BCUT2D eigenvalue weighted by Gasteiger charge is 2.28. The number of hydrogen-bond acceptors (Lipinski definition) is 2. The van der Waals surface area contributed by atoms with Crippen molar-refractivity contribution in [3.05, 3.63) is 48.0 Å². The Bertz CT molecular complexity index is 686. The summed E-state index contributed by atoms with van der Waals surface area (Å²) < 4.78 is 0. The van der Waals surface area contributed by atoms with E-state index in [0.29, 0.717) is 6.42 Å². The predicted octanol–water partition coefficient (Wildman–Crippen LogP) is 3.92. The average Bonchev–Trinajstić information content (AvgIpc) is 2.59. The van der Waals surface area contributed by atoms with Gasteiger partial charge in [0, 0.05) is 25.0 Å². The van der Waals surface area contributed by atoms with E-state index in [1.807, 2.05) is 11.8 Å². The normalized spacial score (nSPS) is 18.9. The highest BCUT2D eigenvalue weighted by Crippen LogP contribution is 2.21. The first-order valence-electron chi connectivity index (χ1n) is 8.68. The molecule has 130 valence electrons. The minimum absolute atomic E-state index is 0. The molecule has 0 spiro atoms. The van der Waals surface area contributed by atoms with Crippen molar-refractivity contribution in [1.29, 1.82) is 0 Å². The number of aryl methyl sites for hydroxylation is 1. The Labute approximate surface area is 150 Å². The Hall–Kier alpha value is -1.58. The number of rotatable bonds is 4. The van der Waals surface area contributed by atoms with Crippen LogP contribution in [-0.2, 0) is 11.2 Å². The van der Waals surface area contributed by atoms with Crippen LogP contribution in [0, 0.1) is 0 Å². The largest absolute Gasteiger partial charge is 0.338 e. The summed E-state index contributed by atoms with van der Waals surface area (Å²) in [5.41, 5.74) is 7.30. The molecule has 0 radical (unpaired) electrons. The number of nitrogens with zero attached hydrogens (tertiary/aromatic N) is 1. The summed E-state index contributed by atoms with van der Waals surface area (Å²) >= 11 is 0. The SMILES string of the molecule is CC(N)C1CCCCN1C(=O)CCc1ccc2ccccc2c1.Cl. The molecule has 3 nitrogen and oxygen atoms in total. The van der Waals surface area contributed by atoms with Gasteiger partial charge in [0.1, 0.15) is 0 Å². The van der Waals surface area contributed by atoms with Crippen LogP contribution in [0.4, 0.5) is 0 Å². The van der Waals surface area contributed by atoms with Gasteiger partial charge in [-0.15, -0.1) is 12.4 Å². The molecule has 0 aromatic heterocycles. The molecule has 1 amide bonds. The van der Waals surface area contributed by atoms with Crippen LogP contribution in [0.2, 0.25) is 0 Å². The second-order valence-corrected chi connectivity index (χ2v) is 6.69. The summed E-state index contributed by atoms with van der Waals surface area (Å²) in [6.45, 7) is 2.88. The summed E-state index contributed by atoms with van der Waals surface area (Å²) in [6.07, 6.45) is 4.69. The molecule has 2 atom stereocenters. The Morgan fingerprint density at radius 2 is 1.96 bits per heavy atom. The van der Waals surface area contributed by atoms with Crippen molar-refractivity contribution in [2.45, 2.75) is 51.1 Å². The minimum Gasteiger partial charge on any atom is -0.338 e. The van der Waals surface area contributed by atoms with Gasteiger partial charge in [-0.1, -0.05) is 42.5 Å². The van der Waals surface area contributed by atoms with Gasteiger partial charge < -0.3 is 10.6 Å². The van der Waals surface area contributed by atoms with Gasteiger partial charge in [0.2, 0.25) is 5.91 Å². The van der Waals surface area contributed by atoms with Crippen LogP contribution in [0.1, 0.15) is 38.2 Å². The van der Waals surface area contributed by atoms with E-state index in [1.54, 1.807) is 0 Å². The molecule has 2 N–H and O–H groups in total. The number of benzene rings is 2. The van der Waals surface area contributed by atoms with Crippen molar-refractivity contribution in [2.75, 3.05) is 6.54 Å². The lowest BCUT2D eigenvalue weighted by atomic mass is 9.96. The third kappa shape index (κ3) is 4.28. The lowest BCUT2D eigenvalue weighted by Crippen LogP contribution is -2.51. The Kier molecular flexibility index (Phi) is 6.64. The first-order valence-corrected chi connectivity index (χ1v) is 8.68. The lowest BCUT2D eigenvalue weighted by molar-refractivity contribution is -0.135. The third-order valence-electron chi connectivity index (χ3n) is 4.92. The maximum Gasteiger partial charge on any atom is 0.223 e. The maximum atomic E-state index is 12.6. The van der Waals surface area contributed by atoms with E-state index < -0.39 is 0 Å². The molecule has 0 bridgehead atoms. The number of carbonyl (C=O) groups excluding carboxylic acids is 1. The van der Waals surface area contributed by atoms with E-state index in [0.717, 1.165) is 25.8 Å². The fourth-order valence-corrected chi connectivity index (χ4v) is 3.60. The first-order chi connectivity index (χ1) is 11.1. The van der Waals surface area contributed by atoms with Gasteiger partial charge in [0.25, 0.3) is 0 Å². The zero-order chi connectivity index (χ0) is 16.2. The molecular weight excluding hydrogens is 320 g/mol. The molecular formula is C20H27ClN2O. The van der Waals surface area contributed by atoms with Gasteiger partial charge in [0.15, 0.2) is 0 Å². The van der Waals surface area contributed by atoms with Gasteiger partial charge in [-0.25, -0.2) is 0 Å². The number of piperidine rings is 1. The summed E-state index contributed by atoms with van der Waals surface area (Å²) in [7, 11) is 0. The number of amides is 1. The standard InChI is InChI=1S/C20H26N2O.ClH/c1-15(21)19-8-4-5-13-22(19)20(23)12-10-16-9-11-17-6-2-3-7-18(17)14-16;/h2-3,6-7,9,11,14-15,19H,4-5,8,10,12-13,21H2,1H3;1H. The molecule has 0 saturated carbocycles. The van der Waals surface area contributed by atoms with Gasteiger partial charge in [-0.2, -0.15) is 0 Å². The smallest absolute Gasteiger partial charge is 0.223 e. The molecule has 0 aliphatic carbocycles. The van der Waals surface area contributed by atoms with Crippen molar-refractivity contribution >= 4 is 29.1 Å². The van der Waals surface area contributed by atoms with Gasteiger partial charge >= 0.3 is 0 Å². The van der Waals surface area contributed by atoms with E-state index >= 15 is 0 Å². The topological polar surface area (TPSA) is 46.3 Å². The molecule has 1 heterocycles. The van der Waals surface area contributed by atoms with Crippen molar-refractivity contribution in [3.8, 4) is 0 Å². The average molecular weight is 347 g/mol. The van der Waals surface area contributed by atoms with Crippen LogP contribution >= 0.6 is 12.4 Å². The van der Waals surface area contributed by atoms with E-state index in [1.165, 1.54) is 22.8 Å². The van der Waals surface area contributed by atoms with E-state index in [9.17, 15) is 4.79 Å². The number of likely N-dealkylation sites (tertiary alicyclic amines) is 1. The molecule has 24 heavy (non-hydrogen) atoms. The molecule has 1 saturated heterocycles. The van der Waals surface area contributed by atoms with Crippen LogP contribution in [0.3, 0.4) is 0 Å². The monoisotopic (exact) mass is 346 g/mol. The molecule has 2 unspecified atom stereocenters. The van der Waals surface area contributed by atoms with Gasteiger partial charge in [-0.3, -0.25) is 4.79 Å². The Balaban J connectivity index is 0.00000208. The molecule has 4 heteroatoms. The highest BCUT2D eigenvalue weighted by atomic mass is 35.5. The minimum atomic E-state index is 0. The molecule has 2 aromatic rings. The third-order valence-corrected chi connectivity index (χ3v) is 4.92. The van der Waals surface area contributed by atoms with Crippen LogP contribution in [0.5, 0.6) is 0 Å². The van der Waals surface area contributed by atoms with Crippen molar-refractivity contribution < 1.29 is 4.79 Å². The summed E-state index contributed by atoms with van der Waals surface area (Å²) in [6, 6.07) is 15.1. The van der Waals surface area contributed by atoms with E-state index in [-0.39, 0.29) is 30.4 Å². The number of hydrogen-bond donors (Lipinski definition) is 1. The van der Waals surface area contributed by atoms with Crippen LogP contribution in [-0.4, -0.2) is 29.4 Å². The fraction of sp³-hybridized carbons (Fsp3) is 0.450. The van der Waals surface area contributed by atoms with Gasteiger partial charge in [0.05, 0.1) is 0 Å². The zero-order valence-corrected chi connectivity index (χ0v) is 15.1. The number of fused-ring (bicyclic) bond motifs is 1. The summed E-state index contributed by atoms with van der Waals surface area (Å²) in [5, 5.41) is 2.49. The number of carbonyl (C=O) groups is 1. The molecule has 2 aromatic carbocycles. The predicted molar refractivity (Wildman–Crippen MR) is 103 cm³/mol. The van der Waals surface area contributed by atoms with Crippen molar-refractivity contribution in [2.24, 2.45) is 5.73 Å².